The zero-order valence-electron chi connectivity index (χ0n) is 11.5. The highest BCUT2D eigenvalue weighted by Gasteiger charge is 2.26. The van der Waals surface area contributed by atoms with Gasteiger partial charge in [-0.1, -0.05) is 12.2 Å². The Bertz CT molecular complexity index is 670. The van der Waals surface area contributed by atoms with Crippen molar-refractivity contribution in [2.75, 3.05) is 7.11 Å². The van der Waals surface area contributed by atoms with Crippen LogP contribution < -0.4 is 4.72 Å². The molecular formula is C14H16FNO4S. The van der Waals surface area contributed by atoms with Crippen molar-refractivity contribution in [3.8, 4) is 0 Å². The number of allylic oxidation sites excluding steroid dienone is 1. The van der Waals surface area contributed by atoms with Crippen molar-refractivity contribution in [1.82, 2.24) is 4.72 Å². The highest BCUT2D eigenvalue weighted by molar-refractivity contribution is 7.89. The molecule has 0 spiro atoms. The van der Waals surface area contributed by atoms with E-state index >= 15 is 0 Å². The molecule has 2 rings (SSSR count). The molecule has 7 heteroatoms. The Morgan fingerprint density at radius 2 is 2.14 bits per heavy atom. The van der Waals surface area contributed by atoms with Gasteiger partial charge >= 0.3 is 5.97 Å². The molecule has 21 heavy (non-hydrogen) atoms. The van der Waals surface area contributed by atoms with Crippen LogP contribution in [0.2, 0.25) is 0 Å². The Kier molecular flexibility index (Phi) is 4.74. The van der Waals surface area contributed by atoms with E-state index in [0.717, 1.165) is 31.7 Å². The smallest absolute Gasteiger partial charge is 0.339 e. The van der Waals surface area contributed by atoms with Gasteiger partial charge < -0.3 is 4.74 Å². The number of hydrogen-bond donors (Lipinski definition) is 1. The average Bonchev–Trinajstić information content (AvgIpc) is 2.47. The fourth-order valence-electron chi connectivity index (χ4n) is 2.18. The molecule has 114 valence electrons. The molecule has 0 fully saturated rings. The van der Waals surface area contributed by atoms with Crippen molar-refractivity contribution >= 4 is 16.0 Å². The van der Waals surface area contributed by atoms with Gasteiger partial charge in [0.2, 0.25) is 10.0 Å². The highest BCUT2D eigenvalue weighted by atomic mass is 32.2. The third-order valence-corrected chi connectivity index (χ3v) is 4.79. The molecule has 0 saturated carbocycles. The molecule has 1 aliphatic rings. The zero-order chi connectivity index (χ0) is 15.5. The summed E-state index contributed by atoms with van der Waals surface area (Å²) in [5.74, 6) is -1.55. The van der Waals surface area contributed by atoms with Gasteiger partial charge in [-0.05, 0) is 37.5 Å². The number of carbonyl (C=O) groups is 1. The van der Waals surface area contributed by atoms with Gasteiger partial charge in [-0.2, -0.15) is 0 Å². The minimum atomic E-state index is -3.99. The Morgan fingerprint density at radius 3 is 2.76 bits per heavy atom. The van der Waals surface area contributed by atoms with Gasteiger partial charge in [-0.15, -0.1) is 0 Å². The Labute approximate surface area is 122 Å². The van der Waals surface area contributed by atoms with E-state index in [0.29, 0.717) is 12.8 Å². The van der Waals surface area contributed by atoms with Crippen LogP contribution in [0.1, 0.15) is 29.6 Å². The Morgan fingerprint density at radius 1 is 1.38 bits per heavy atom. The summed E-state index contributed by atoms with van der Waals surface area (Å²) in [5.41, 5.74) is -0.183. The fourth-order valence-corrected chi connectivity index (χ4v) is 3.67. The number of nitrogens with one attached hydrogen (secondary N) is 1. The molecule has 0 heterocycles. The third-order valence-electron chi connectivity index (χ3n) is 3.23. The van der Waals surface area contributed by atoms with Gasteiger partial charge in [-0.3, -0.25) is 0 Å². The van der Waals surface area contributed by atoms with Gasteiger partial charge in [0, 0.05) is 6.04 Å². The lowest BCUT2D eigenvalue weighted by Gasteiger charge is -2.20. The predicted octanol–water partition coefficient (Wildman–Crippen LogP) is 2.00. The Hall–Kier alpha value is -1.73. The first-order valence-electron chi connectivity index (χ1n) is 6.49. The SMILES string of the molecule is COC(=O)c1ccc(F)cc1S(=O)(=O)NC1CC=CCC1. The van der Waals surface area contributed by atoms with Crippen molar-refractivity contribution in [1.29, 1.82) is 0 Å². The van der Waals surface area contributed by atoms with Crippen molar-refractivity contribution in [3.05, 3.63) is 41.7 Å². The maximum atomic E-state index is 13.4. The summed E-state index contributed by atoms with van der Waals surface area (Å²) >= 11 is 0. The normalized spacial score (nSPS) is 18.5. The molecular weight excluding hydrogens is 297 g/mol. The number of benzene rings is 1. The summed E-state index contributed by atoms with van der Waals surface area (Å²) in [6.07, 6.45) is 5.89. The maximum Gasteiger partial charge on any atom is 0.339 e. The summed E-state index contributed by atoms with van der Waals surface area (Å²) < 4.78 is 45.2. The summed E-state index contributed by atoms with van der Waals surface area (Å²) in [7, 11) is -2.85. The molecule has 1 aromatic carbocycles. The van der Waals surface area contributed by atoms with Crippen LogP contribution in [0.3, 0.4) is 0 Å². The summed E-state index contributed by atoms with van der Waals surface area (Å²) in [4.78, 5) is 11.2. The topological polar surface area (TPSA) is 72.5 Å². The molecule has 5 nitrogen and oxygen atoms in total. The number of hydrogen-bond acceptors (Lipinski definition) is 4. The van der Waals surface area contributed by atoms with E-state index in [1.807, 2.05) is 12.2 Å². The van der Waals surface area contributed by atoms with Crippen LogP contribution in [0.15, 0.2) is 35.2 Å². The van der Waals surface area contributed by atoms with Crippen LogP contribution in [0, 0.1) is 5.82 Å². The molecule has 1 atom stereocenters. The summed E-state index contributed by atoms with van der Waals surface area (Å²) in [6.45, 7) is 0. The summed E-state index contributed by atoms with van der Waals surface area (Å²) in [6, 6.07) is 2.70. The first-order chi connectivity index (χ1) is 9.94. The van der Waals surface area contributed by atoms with Crippen LogP contribution in [-0.4, -0.2) is 27.5 Å². The van der Waals surface area contributed by atoms with Crippen LogP contribution in [-0.2, 0) is 14.8 Å². The number of carbonyl (C=O) groups excluding carboxylic acids is 1. The molecule has 0 radical (unpaired) electrons. The van der Waals surface area contributed by atoms with Crippen molar-refractivity contribution in [2.45, 2.75) is 30.2 Å². The van der Waals surface area contributed by atoms with Gasteiger partial charge in [0.05, 0.1) is 17.6 Å². The average molecular weight is 313 g/mol. The van der Waals surface area contributed by atoms with E-state index in [1.165, 1.54) is 0 Å². The Balaban J connectivity index is 2.36. The van der Waals surface area contributed by atoms with E-state index < -0.39 is 26.7 Å². The predicted molar refractivity (Wildman–Crippen MR) is 74.8 cm³/mol. The molecule has 0 aromatic heterocycles. The molecule has 1 N–H and O–H groups in total. The third kappa shape index (κ3) is 3.68. The quantitative estimate of drug-likeness (QED) is 0.681. The molecule has 0 amide bonds. The molecule has 0 saturated heterocycles. The number of rotatable bonds is 4. The van der Waals surface area contributed by atoms with Crippen molar-refractivity contribution < 1.29 is 22.3 Å². The number of halogens is 1. The lowest BCUT2D eigenvalue weighted by Crippen LogP contribution is -2.36. The van der Waals surface area contributed by atoms with E-state index in [1.54, 1.807) is 0 Å². The number of sulfonamides is 1. The van der Waals surface area contributed by atoms with Gasteiger partial charge in [0.1, 0.15) is 5.82 Å². The van der Waals surface area contributed by atoms with Crippen LogP contribution >= 0.6 is 0 Å². The van der Waals surface area contributed by atoms with Crippen LogP contribution in [0.25, 0.3) is 0 Å². The minimum absolute atomic E-state index is 0.183. The molecule has 1 aromatic rings. The highest BCUT2D eigenvalue weighted by Crippen LogP contribution is 2.20. The maximum absolute atomic E-state index is 13.4. The first-order valence-corrected chi connectivity index (χ1v) is 7.97. The van der Waals surface area contributed by atoms with E-state index in [4.69, 9.17) is 0 Å². The van der Waals surface area contributed by atoms with E-state index in [2.05, 4.69) is 9.46 Å². The largest absolute Gasteiger partial charge is 0.465 e. The standard InChI is InChI=1S/C14H16FNO4S/c1-20-14(17)12-8-7-10(15)9-13(12)21(18,19)16-11-5-3-2-4-6-11/h2-3,7-9,11,16H,4-6H2,1H3. The second-order valence-electron chi connectivity index (χ2n) is 4.73. The monoisotopic (exact) mass is 313 g/mol. The van der Waals surface area contributed by atoms with E-state index in [9.17, 15) is 17.6 Å². The van der Waals surface area contributed by atoms with Gasteiger partial charge in [0.25, 0.3) is 0 Å². The lowest BCUT2D eigenvalue weighted by atomic mass is 10.0. The lowest BCUT2D eigenvalue weighted by molar-refractivity contribution is 0.0596. The minimum Gasteiger partial charge on any atom is -0.465 e. The van der Waals surface area contributed by atoms with Crippen LogP contribution in [0.5, 0.6) is 0 Å². The van der Waals surface area contributed by atoms with Gasteiger partial charge in [-0.25, -0.2) is 22.3 Å². The molecule has 0 aliphatic heterocycles. The molecule has 1 unspecified atom stereocenters. The van der Waals surface area contributed by atoms with Crippen molar-refractivity contribution in [2.24, 2.45) is 0 Å². The molecule has 1 aliphatic carbocycles. The van der Waals surface area contributed by atoms with Crippen LogP contribution in [0.4, 0.5) is 4.39 Å². The number of methoxy groups -OCH3 is 1. The van der Waals surface area contributed by atoms with Crippen molar-refractivity contribution in [3.63, 3.8) is 0 Å². The number of ether oxygens (including phenoxy) is 1. The summed E-state index contributed by atoms with van der Waals surface area (Å²) in [5, 5.41) is 0. The fraction of sp³-hybridized carbons (Fsp3) is 0.357. The zero-order valence-corrected chi connectivity index (χ0v) is 12.3. The second-order valence-corrected chi connectivity index (χ2v) is 6.42. The first kappa shape index (κ1) is 15.7. The van der Waals surface area contributed by atoms with E-state index in [-0.39, 0.29) is 11.6 Å². The number of esters is 1. The molecule has 0 bridgehead atoms. The van der Waals surface area contributed by atoms with Gasteiger partial charge in [0.15, 0.2) is 0 Å². The second kappa shape index (κ2) is 6.36.